The van der Waals surface area contributed by atoms with Crippen LogP contribution >= 0.6 is 12.4 Å². The molecule has 0 atom stereocenters. The van der Waals surface area contributed by atoms with E-state index in [4.69, 9.17) is 0 Å². The smallest absolute Gasteiger partial charge is 0.348 e. The molecule has 16 heavy (non-hydrogen) atoms. The molecule has 0 bridgehead atoms. The molecular weight excluding hydrogens is 252 g/mol. The van der Waals surface area contributed by atoms with Gasteiger partial charge in [-0.15, -0.1) is 12.4 Å². The molecular formula is C8H13ClF4N2O. The minimum absolute atomic E-state index is 0. The van der Waals surface area contributed by atoms with Crippen LogP contribution in [0.4, 0.5) is 17.6 Å². The average Bonchev–Trinajstić information content (AvgIpc) is 2.18. The van der Waals surface area contributed by atoms with E-state index in [9.17, 15) is 22.4 Å². The molecule has 0 saturated carbocycles. The van der Waals surface area contributed by atoms with E-state index in [-0.39, 0.29) is 12.4 Å². The third-order valence-corrected chi connectivity index (χ3v) is 2.25. The van der Waals surface area contributed by atoms with Gasteiger partial charge in [-0.1, -0.05) is 0 Å². The van der Waals surface area contributed by atoms with Crippen molar-refractivity contribution in [3.63, 3.8) is 0 Å². The van der Waals surface area contributed by atoms with E-state index >= 15 is 0 Å². The molecule has 1 heterocycles. The second-order valence-corrected chi connectivity index (χ2v) is 3.42. The van der Waals surface area contributed by atoms with Crippen LogP contribution in [0, 0.1) is 0 Å². The van der Waals surface area contributed by atoms with Gasteiger partial charge in [0.2, 0.25) is 0 Å². The molecule has 0 aliphatic carbocycles. The Morgan fingerprint density at radius 3 is 2.25 bits per heavy atom. The quantitative estimate of drug-likeness (QED) is 0.752. The van der Waals surface area contributed by atoms with Crippen molar-refractivity contribution in [1.29, 1.82) is 0 Å². The maximum Gasteiger partial charge on any atom is 0.383 e. The highest BCUT2D eigenvalue weighted by Gasteiger charge is 2.49. The number of amides is 1. The van der Waals surface area contributed by atoms with Crippen molar-refractivity contribution in [2.24, 2.45) is 0 Å². The number of hydrogen-bond acceptors (Lipinski definition) is 2. The molecule has 2 N–H and O–H groups in total. The fourth-order valence-corrected chi connectivity index (χ4v) is 1.35. The van der Waals surface area contributed by atoms with Gasteiger partial charge in [-0.25, -0.2) is 8.78 Å². The molecule has 0 spiro atoms. The largest absolute Gasteiger partial charge is 0.383 e. The maximum atomic E-state index is 12.5. The molecule has 1 rings (SSSR count). The Morgan fingerprint density at radius 2 is 1.81 bits per heavy atom. The lowest BCUT2D eigenvalue weighted by Gasteiger charge is -2.25. The van der Waals surface area contributed by atoms with Crippen LogP contribution in [-0.4, -0.2) is 37.4 Å². The zero-order valence-corrected chi connectivity index (χ0v) is 9.13. The van der Waals surface area contributed by atoms with E-state index in [0.29, 0.717) is 25.9 Å². The lowest BCUT2D eigenvalue weighted by molar-refractivity contribution is -0.170. The first kappa shape index (κ1) is 15.4. The SMILES string of the molecule is Cl.O=C(NC1CCNCC1)C(F)(F)C(F)F. The molecule has 0 aromatic carbocycles. The van der Waals surface area contributed by atoms with Gasteiger partial charge in [0.05, 0.1) is 0 Å². The van der Waals surface area contributed by atoms with Crippen LogP contribution in [0.1, 0.15) is 12.8 Å². The second-order valence-electron chi connectivity index (χ2n) is 3.42. The summed E-state index contributed by atoms with van der Waals surface area (Å²) in [4.78, 5) is 10.8. The molecule has 1 saturated heterocycles. The molecule has 1 aliphatic heterocycles. The lowest BCUT2D eigenvalue weighted by Crippen LogP contribution is -2.51. The van der Waals surface area contributed by atoms with Crippen LogP contribution in [0.25, 0.3) is 0 Å². The van der Waals surface area contributed by atoms with Crippen molar-refractivity contribution in [2.45, 2.75) is 31.2 Å². The molecule has 1 amide bonds. The Kier molecular flexibility index (Phi) is 6.02. The Balaban J connectivity index is 0.00000225. The van der Waals surface area contributed by atoms with Gasteiger partial charge in [0, 0.05) is 6.04 Å². The molecule has 96 valence electrons. The van der Waals surface area contributed by atoms with Crippen molar-refractivity contribution >= 4 is 18.3 Å². The highest BCUT2D eigenvalue weighted by Crippen LogP contribution is 2.23. The third kappa shape index (κ3) is 3.79. The summed E-state index contributed by atoms with van der Waals surface area (Å²) in [6, 6.07) is -0.441. The number of nitrogens with one attached hydrogen (secondary N) is 2. The third-order valence-electron chi connectivity index (χ3n) is 2.25. The van der Waals surface area contributed by atoms with Crippen molar-refractivity contribution < 1.29 is 22.4 Å². The predicted octanol–water partition coefficient (Wildman–Crippen LogP) is 1.18. The van der Waals surface area contributed by atoms with Crippen molar-refractivity contribution in [1.82, 2.24) is 10.6 Å². The predicted molar refractivity (Wildman–Crippen MR) is 52.2 cm³/mol. The molecule has 0 aromatic rings. The number of carbonyl (C=O) groups excluding carboxylic acids is 1. The van der Waals surface area contributed by atoms with Crippen LogP contribution < -0.4 is 10.6 Å². The van der Waals surface area contributed by atoms with Crippen LogP contribution in [0.5, 0.6) is 0 Å². The monoisotopic (exact) mass is 264 g/mol. The van der Waals surface area contributed by atoms with E-state index in [1.165, 1.54) is 0 Å². The van der Waals surface area contributed by atoms with Gasteiger partial charge in [0.25, 0.3) is 5.91 Å². The van der Waals surface area contributed by atoms with E-state index < -0.39 is 24.3 Å². The van der Waals surface area contributed by atoms with Crippen molar-refractivity contribution in [2.75, 3.05) is 13.1 Å². The van der Waals surface area contributed by atoms with Crippen LogP contribution in [0.3, 0.4) is 0 Å². The molecule has 8 heteroatoms. The molecule has 0 unspecified atom stereocenters. The highest BCUT2D eigenvalue weighted by molar-refractivity contribution is 5.85. The summed E-state index contributed by atoms with van der Waals surface area (Å²) < 4.78 is 48.6. The summed E-state index contributed by atoms with van der Waals surface area (Å²) in [6.45, 7) is 1.18. The highest BCUT2D eigenvalue weighted by atomic mass is 35.5. The standard InChI is InChI=1S/C8H12F4N2O.ClH/c9-6(10)8(11,12)7(15)14-5-1-3-13-4-2-5;/h5-6,13H,1-4H2,(H,14,15);1H. The van der Waals surface area contributed by atoms with Crippen molar-refractivity contribution in [3.05, 3.63) is 0 Å². The summed E-state index contributed by atoms with van der Waals surface area (Å²) in [5.74, 6) is -6.48. The molecule has 0 aromatic heterocycles. The normalized spacial score (nSPS) is 18.1. The lowest BCUT2D eigenvalue weighted by atomic mass is 10.1. The van der Waals surface area contributed by atoms with Crippen LogP contribution in [-0.2, 0) is 4.79 Å². The first-order valence-electron chi connectivity index (χ1n) is 4.62. The van der Waals surface area contributed by atoms with E-state index in [2.05, 4.69) is 5.32 Å². The first-order valence-corrected chi connectivity index (χ1v) is 4.62. The summed E-state index contributed by atoms with van der Waals surface area (Å²) in [5.41, 5.74) is 0. The maximum absolute atomic E-state index is 12.5. The summed E-state index contributed by atoms with van der Waals surface area (Å²) in [6.07, 6.45) is -3.00. The fraction of sp³-hybridized carbons (Fsp3) is 0.875. The van der Waals surface area contributed by atoms with Crippen LogP contribution in [0.15, 0.2) is 0 Å². The number of alkyl halides is 4. The topological polar surface area (TPSA) is 41.1 Å². The van der Waals surface area contributed by atoms with Gasteiger partial charge < -0.3 is 10.6 Å². The van der Waals surface area contributed by atoms with Gasteiger partial charge in [0.15, 0.2) is 0 Å². The first-order chi connectivity index (χ1) is 6.94. The number of carbonyl (C=O) groups is 1. The number of rotatable bonds is 3. The summed E-state index contributed by atoms with van der Waals surface area (Å²) in [7, 11) is 0. The van der Waals surface area contributed by atoms with Gasteiger partial charge in [-0.2, -0.15) is 8.78 Å². The Labute approximate surface area is 96.4 Å². The van der Waals surface area contributed by atoms with Crippen LogP contribution in [0.2, 0.25) is 0 Å². The van der Waals surface area contributed by atoms with E-state index in [1.807, 2.05) is 5.32 Å². The number of hydrogen-bond donors (Lipinski definition) is 2. The Morgan fingerprint density at radius 1 is 1.31 bits per heavy atom. The molecule has 1 aliphatic rings. The minimum atomic E-state index is -4.59. The van der Waals surface area contributed by atoms with Gasteiger partial charge >= 0.3 is 12.3 Å². The van der Waals surface area contributed by atoms with E-state index in [1.54, 1.807) is 0 Å². The van der Waals surface area contributed by atoms with E-state index in [0.717, 1.165) is 0 Å². The second kappa shape index (κ2) is 6.24. The minimum Gasteiger partial charge on any atom is -0.348 e. The molecule has 1 fully saturated rings. The Hall–Kier alpha value is -0.560. The zero-order valence-electron chi connectivity index (χ0n) is 8.31. The summed E-state index contributed by atoms with van der Waals surface area (Å²) >= 11 is 0. The number of halogens is 5. The average molecular weight is 265 g/mol. The summed E-state index contributed by atoms with van der Waals surface area (Å²) in [5, 5.41) is 4.89. The zero-order chi connectivity index (χ0) is 11.5. The van der Waals surface area contributed by atoms with Gasteiger partial charge in [0.1, 0.15) is 0 Å². The van der Waals surface area contributed by atoms with Crippen molar-refractivity contribution in [3.8, 4) is 0 Å². The molecule has 3 nitrogen and oxygen atoms in total. The van der Waals surface area contributed by atoms with Gasteiger partial charge in [-0.05, 0) is 25.9 Å². The van der Waals surface area contributed by atoms with Gasteiger partial charge in [-0.3, -0.25) is 4.79 Å². The number of piperidine rings is 1. The molecule has 0 radical (unpaired) electrons. The Bertz CT molecular complexity index is 234. The fourth-order valence-electron chi connectivity index (χ4n) is 1.35.